The van der Waals surface area contributed by atoms with Gasteiger partial charge in [0.2, 0.25) is 0 Å². The van der Waals surface area contributed by atoms with Crippen LogP contribution in [0.15, 0.2) is 23.3 Å². The Morgan fingerprint density at radius 3 is 2.76 bits per heavy atom. The number of carboxylic acid groups (broad SMARTS) is 1. The number of rotatable bonds is 5. The third kappa shape index (κ3) is 5.41. The minimum Gasteiger partial charge on any atom is -0.548 e. The molecule has 0 heterocycles. The Bertz CT molecular complexity index is 415. The molecule has 5 nitrogen and oxygen atoms in total. The summed E-state index contributed by atoms with van der Waals surface area (Å²) in [7, 11) is 0. The number of anilines is 1. The van der Waals surface area contributed by atoms with E-state index in [1.54, 1.807) is 12.1 Å². The number of nitrogens with zero attached hydrogens (tertiary/aromatic N) is 2. The van der Waals surface area contributed by atoms with Crippen LogP contribution in [0, 0.1) is 6.92 Å². The molecule has 0 unspecified atom stereocenters. The first-order valence-electron chi connectivity index (χ1n) is 4.49. The molecule has 7 heteroatoms. The van der Waals surface area contributed by atoms with Crippen LogP contribution in [0.2, 0.25) is 5.02 Å². The third-order valence-electron chi connectivity index (χ3n) is 1.88. The number of aryl methyl sites for hydroxylation is 1. The van der Waals surface area contributed by atoms with Crippen LogP contribution < -0.4 is 40.1 Å². The van der Waals surface area contributed by atoms with Crippen molar-refractivity contribution in [2.45, 2.75) is 6.92 Å². The zero-order valence-electron chi connectivity index (χ0n) is 9.74. The molecule has 0 saturated heterocycles. The largest absolute Gasteiger partial charge is 1.00 e. The fraction of sp³-hybridized carbons (Fsp3) is 0.200. The molecule has 0 fully saturated rings. The van der Waals surface area contributed by atoms with E-state index in [0.29, 0.717) is 10.7 Å². The number of benzene rings is 1. The Morgan fingerprint density at radius 2 is 2.29 bits per heavy atom. The second-order valence-electron chi connectivity index (χ2n) is 3.15. The van der Waals surface area contributed by atoms with E-state index in [1.165, 1.54) is 0 Å². The van der Waals surface area contributed by atoms with Gasteiger partial charge in [0.05, 0.1) is 18.2 Å². The summed E-state index contributed by atoms with van der Waals surface area (Å²) in [4.78, 5) is 10.4. The Morgan fingerprint density at radius 1 is 1.65 bits per heavy atom. The summed E-state index contributed by atoms with van der Waals surface area (Å²) in [5.74, 6) is -1.25. The molecule has 0 aromatic heterocycles. The summed E-state index contributed by atoms with van der Waals surface area (Å²) >= 11 is 5.91. The normalized spacial score (nSPS) is 9.06. The van der Waals surface area contributed by atoms with Crippen molar-refractivity contribution in [2.75, 3.05) is 12.0 Å². The number of aliphatic carboxylic acids is 1. The van der Waals surface area contributed by atoms with Crippen molar-refractivity contribution >= 4 is 30.0 Å². The number of hydrogen-bond acceptors (Lipinski definition) is 5. The summed E-state index contributed by atoms with van der Waals surface area (Å²) in [6.07, 6.45) is 0. The minimum atomic E-state index is -1.25. The fourth-order valence-electron chi connectivity index (χ4n) is 1.06. The van der Waals surface area contributed by atoms with Crippen LogP contribution in [0.4, 0.5) is 5.69 Å². The second-order valence-corrected chi connectivity index (χ2v) is 3.55. The molecule has 0 atom stereocenters. The number of carbonyl (C=O) groups is 1. The van der Waals surface area contributed by atoms with Crippen molar-refractivity contribution in [2.24, 2.45) is 5.10 Å². The van der Waals surface area contributed by atoms with E-state index in [1.807, 2.05) is 13.0 Å². The predicted molar refractivity (Wildman–Crippen MR) is 61.1 cm³/mol. The molecule has 17 heavy (non-hydrogen) atoms. The van der Waals surface area contributed by atoms with Gasteiger partial charge in [0.15, 0.2) is 0 Å². The van der Waals surface area contributed by atoms with Gasteiger partial charge in [-0.25, -0.2) is 5.12 Å². The van der Waals surface area contributed by atoms with Crippen molar-refractivity contribution in [1.82, 2.24) is 5.12 Å². The smallest absolute Gasteiger partial charge is 0.548 e. The van der Waals surface area contributed by atoms with Crippen molar-refractivity contribution in [3.63, 3.8) is 0 Å². The summed E-state index contributed by atoms with van der Waals surface area (Å²) in [6.45, 7) is 4.72. The van der Waals surface area contributed by atoms with Gasteiger partial charge >= 0.3 is 29.6 Å². The van der Waals surface area contributed by atoms with E-state index in [2.05, 4.69) is 17.2 Å². The molecule has 0 spiro atoms. The predicted octanol–water partition coefficient (Wildman–Crippen LogP) is -2.35. The van der Waals surface area contributed by atoms with Crippen molar-refractivity contribution in [1.29, 1.82) is 0 Å². The van der Waals surface area contributed by atoms with E-state index < -0.39 is 12.5 Å². The molecule has 0 aliphatic heterocycles. The number of hydrazine groups is 1. The Hall–Kier alpha value is -0.750. The summed E-state index contributed by atoms with van der Waals surface area (Å²) in [5.41, 5.74) is 4.29. The van der Waals surface area contributed by atoms with E-state index >= 15 is 0 Å². The Kier molecular flexibility index (Phi) is 7.22. The zero-order chi connectivity index (χ0) is 12.1. The third-order valence-corrected chi connectivity index (χ3v) is 2.29. The first-order valence-corrected chi connectivity index (χ1v) is 4.87. The van der Waals surface area contributed by atoms with Crippen molar-refractivity contribution in [3.05, 3.63) is 28.8 Å². The molecule has 0 aliphatic carbocycles. The van der Waals surface area contributed by atoms with Crippen LogP contribution in [-0.2, 0) is 4.79 Å². The van der Waals surface area contributed by atoms with Crippen LogP contribution in [0.1, 0.15) is 5.56 Å². The van der Waals surface area contributed by atoms with E-state index in [0.717, 1.165) is 10.7 Å². The maximum atomic E-state index is 10.4. The van der Waals surface area contributed by atoms with Crippen molar-refractivity contribution in [3.8, 4) is 0 Å². The topological polar surface area (TPSA) is 67.8 Å². The SMILES string of the molecule is C=NN(CC(=O)[O-])Nc1ccc(C)c(Cl)c1.[Na+]. The molecule has 0 aliphatic rings. The van der Waals surface area contributed by atoms with Gasteiger partial charge < -0.3 is 9.90 Å². The standard InChI is InChI=1S/C10H12ClN3O2.Na/c1-7-3-4-8(5-9(7)11)13-14(12-2)6-10(15)16;/h3-5,13H,2,6H2,1H3,(H,15,16);/q;+1/p-1. The summed E-state index contributed by atoms with van der Waals surface area (Å²) < 4.78 is 0. The minimum absolute atomic E-state index is 0. The molecule has 1 aromatic rings. The van der Waals surface area contributed by atoms with Gasteiger partial charge in [-0.2, -0.15) is 5.10 Å². The molecule has 1 rings (SSSR count). The van der Waals surface area contributed by atoms with Gasteiger partial charge in [0.25, 0.3) is 0 Å². The number of carboxylic acids is 1. The molecule has 0 bridgehead atoms. The number of hydrogen-bond donors (Lipinski definition) is 1. The summed E-state index contributed by atoms with van der Waals surface area (Å²) in [5, 5.41) is 15.5. The Labute approximate surface area is 127 Å². The van der Waals surface area contributed by atoms with Crippen molar-refractivity contribution < 1.29 is 39.5 Å². The number of carbonyl (C=O) groups excluding carboxylic acids is 1. The molecular weight excluding hydrogens is 253 g/mol. The maximum absolute atomic E-state index is 10.4. The van der Waals surface area contributed by atoms with Gasteiger partial charge in [0, 0.05) is 11.7 Å². The van der Waals surface area contributed by atoms with Gasteiger partial charge in [0.1, 0.15) is 0 Å². The summed E-state index contributed by atoms with van der Waals surface area (Å²) in [6, 6.07) is 5.24. The average molecular weight is 264 g/mol. The monoisotopic (exact) mass is 263 g/mol. The van der Waals surface area contributed by atoms with Crippen LogP contribution >= 0.6 is 11.6 Å². The molecule has 1 aromatic carbocycles. The van der Waals surface area contributed by atoms with Gasteiger partial charge in [-0.15, -0.1) is 0 Å². The van der Waals surface area contributed by atoms with E-state index in [9.17, 15) is 9.90 Å². The van der Waals surface area contributed by atoms with Crippen LogP contribution in [0.5, 0.6) is 0 Å². The van der Waals surface area contributed by atoms with Crippen LogP contribution in [-0.4, -0.2) is 24.3 Å². The Balaban J connectivity index is 0.00000256. The zero-order valence-corrected chi connectivity index (χ0v) is 12.5. The molecule has 1 N–H and O–H groups in total. The molecule has 0 radical (unpaired) electrons. The number of halogens is 1. The van der Waals surface area contributed by atoms with Gasteiger partial charge in [-0.3, -0.25) is 5.43 Å². The van der Waals surface area contributed by atoms with E-state index in [-0.39, 0.29) is 29.6 Å². The second kappa shape index (κ2) is 7.55. The quantitative estimate of drug-likeness (QED) is 0.367. The maximum Gasteiger partial charge on any atom is 1.00 e. The molecular formula is C10H11ClN3NaO2. The van der Waals surface area contributed by atoms with Gasteiger partial charge in [-0.1, -0.05) is 17.7 Å². The first-order chi connectivity index (χ1) is 7.52. The number of hydrazone groups is 1. The molecule has 0 saturated carbocycles. The van der Waals surface area contributed by atoms with Gasteiger partial charge in [-0.05, 0) is 24.6 Å². The van der Waals surface area contributed by atoms with Crippen LogP contribution in [0.25, 0.3) is 0 Å². The average Bonchev–Trinajstić information content (AvgIpc) is 2.22. The molecule has 86 valence electrons. The molecule has 0 amide bonds. The van der Waals surface area contributed by atoms with Crippen LogP contribution in [0.3, 0.4) is 0 Å². The number of nitrogens with one attached hydrogen (secondary N) is 1. The van der Waals surface area contributed by atoms with E-state index in [4.69, 9.17) is 11.6 Å². The fourth-order valence-corrected chi connectivity index (χ4v) is 1.24. The first kappa shape index (κ1) is 16.2.